The molecule has 0 aliphatic carbocycles. The summed E-state index contributed by atoms with van der Waals surface area (Å²) in [4.78, 5) is 31.6. The van der Waals surface area contributed by atoms with E-state index in [1.54, 1.807) is 21.9 Å². The van der Waals surface area contributed by atoms with E-state index in [4.69, 9.17) is 0 Å². The molecule has 1 aliphatic heterocycles. The van der Waals surface area contributed by atoms with Gasteiger partial charge in [0, 0.05) is 19.6 Å². The molecule has 0 radical (unpaired) electrons. The van der Waals surface area contributed by atoms with Gasteiger partial charge in [-0.05, 0) is 17.7 Å². The van der Waals surface area contributed by atoms with Gasteiger partial charge in [0.1, 0.15) is 12.1 Å². The molecule has 0 saturated carbocycles. The van der Waals surface area contributed by atoms with Crippen molar-refractivity contribution in [1.29, 1.82) is 0 Å². The number of carbonyl (C=O) groups excluding carboxylic acids is 2. The summed E-state index contributed by atoms with van der Waals surface area (Å²) in [6.07, 6.45) is 1.38. The van der Waals surface area contributed by atoms with E-state index in [-0.39, 0.29) is 29.9 Å². The molecule has 0 atom stereocenters. The second kappa shape index (κ2) is 7.43. The molecule has 2 aromatic rings. The smallest absolute Gasteiger partial charge is 0.242 e. The van der Waals surface area contributed by atoms with Crippen molar-refractivity contribution in [2.24, 2.45) is 0 Å². The lowest BCUT2D eigenvalue weighted by atomic mass is 10.2. The number of nitrogens with zero attached hydrogens (tertiary/aromatic N) is 4. The van der Waals surface area contributed by atoms with Gasteiger partial charge in [-0.3, -0.25) is 14.7 Å². The van der Waals surface area contributed by atoms with Gasteiger partial charge in [0.2, 0.25) is 11.8 Å². The van der Waals surface area contributed by atoms with E-state index in [0.29, 0.717) is 24.8 Å². The Hall–Kier alpha value is -2.42. The van der Waals surface area contributed by atoms with E-state index in [9.17, 15) is 14.0 Å². The van der Waals surface area contributed by atoms with Crippen LogP contribution in [0.25, 0.3) is 0 Å². The number of H-pyrrole nitrogens is 1. The molecule has 24 heavy (non-hydrogen) atoms. The summed E-state index contributed by atoms with van der Waals surface area (Å²) in [5.41, 5.74) is 0.866. The van der Waals surface area contributed by atoms with Gasteiger partial charge >= 0.3 is 0 Å². The molecule has 1 fully saturated rings. The first-order chi connectivity index (χ1) is 11.6. The maximum Gasteiger partial charge on any atom is 0.242 e. The Kier molecular flexibility index (Phi) is 5.09. The number of carbonyl (C=O) groups is 2. The molecular formula is C15H16FN5O2S. The first-order valence-corrected chi connectivity index (χ1v) is 8.38. The quantitative estimate of drug-likeness (QED) is 0.812. The average Bonchev–Trinajstić information content (AvgIpc) is 3.10. The van der Waals surface area contributed by atoms with E-state index < -0.39 is 0 Å². The monoisotopic (exact) mass is 349 g/mol. The standard InChI is InChI=1S/C15H16FN5O2S/c16-12-3-1-11(2-4-12)7-20-5-6-21(8-13(20)22)14(23)9-24-15-17-10-18-19-15/h1-4,10H,5-9H2,(H,17,18,19). The number of amides is 2. The third kappa shape index (κ3) is 4.10. The van der Waals surface area contributed by atoms with Crippen molar-refractivity contribution >= 4 is 23.6 Å². The Labute approximate surface area is 142 Å². The van der Waals surface area contributed by atoms with Crippen molar-refractivity contribution in [2.75, 3.05) is 25.4 Å². The van der Waals surface area contributed by atoms with Crippen molar-refractivity contribution in [3.05, 3.63) is 42.0 Å². The minimum atomic E-state index is -0.301. The fourth-order valence-corrected chi connectivity index (χ4v) is 3.07. The molecule has 0 spiro atoms. The second-order valence-electron chi connectivity index (χ2n) is 5.34. The van der Waals surface area contributed by atoms with Crippen LogP contribution in [0.2, 0.25) is 0 Å². The summed E-state index contributed by atoms with van der Waals surface area (Å²) >= 11 is 1.25. The Morgan fingerprint density at radius 3 is 2.75 bits per heavy atom. The molecule has 7 nitrogen and oxygen atoms in total. The lowest BCUT2D eigenvalue weighted by molar-refractivity contribution is -0.144. The maximum absolute atomic E-state index is 12.9. The number of aromatic amines is 1. The van der Waals surface area contributed by atoms with Crippen LogP contribution in [0.15, 0.2) is 35.7 Å². The Morgan fingerprint density at radius 1 is 1.29 bits per heavy atom. The summed E-state index contributed by atoms with van der Waals surface area (Å²) in [6, 6.07) is 6.07. The number of aromatic nitrogens is 3. The summed E-state index contributed by atoms with van der Waals surface area (Å²) in [7, 11) is 0. The molecule has 126 valence electrons. The molecule has 1 aromatic carbocycles. The van der Waals surface area contributed by atoms with Crippen molar-refractivity contribution in [2.45, 2.75) is 11.7 Å². The van der Waals surface area contributed by atoms with Crippen LogP contribution in [0.1, 0.15) is 5.56 Å². The molecule has 2 amide bonds. The highest BCUT2D eigenvalue weighted by atomic mass is 32.2. The van der Waals surface area contributed by atoms with Crippen LogP contribution in [0.4, 0.5) is 4.39 Å². The number of hydrogen-bond donors (Lipinski definition) is 1. The number of rotatable bonds is 5. The minimum Gasteiger partial charge on any atom is -0.335 e. The second-order valence-corrected chi connectivity index (χ2v) is 6.30. The van der Waals surface area contributed by atoms with Crippen LogP contribution in [0, 0.1) is 5.82 Å². The Bertz CT molecular complexity index is 707. The van der Waals surface area contributed by atoms with Crippen LogP contribution in [-0.4, -0.2) is 62.2 Å². The highest BCUT2D eigenvalue weighted by molar-refractivity contribution is 7.99. The number of thioether (sulfide) groups is 1. The summed E-state index contributed by atoms with van der Waals surface area (Å²) in [6.45, 7) is 1.45. The third-order valence-electron chi connectivity index (χ3n) is 3.68. The first kappa shape index (κ1) is 16.4. The van der Waals surface area contributed by atoms with E-state index in [1.165, 1.54) is 30.2 Å². The lowest BCUT2D eigenvalue weighted by Gasteiger charge is -2.34. The SMILES string of the molecule is O=C(CSc1ncn[nH]1)N1CCN(Cc2ccc(F)cc2)C(=O)C1. The van der Waals surface area contributed by atoms with Gasteiger partial charge in [-0.1, -0.05) is 23.9 Å². The van der Waals surface area contributed by atoms with Gasteiger partial charge in [0.25, 0.3) is 0 Å². The van der Waals surface area contributed by atoms with Crippen LogP contribution in [0.3, 0.4) is 0 Å². The van der Waals surface area contributed by atoms with Crippen LogP contribution in [0.5, 0.6) is 0 Å². The van der Waals surface area contributed by atoms with Crippen molar-refractivity contribution < 1.29 is 14.0 Å². The lowest BCUT2D eigenvalue weighted by Crippen LogP contribution is -2.52. The zero-order valence-corrected chi connectivity index (χ0v) is 13.6. The zero-order chi connectivity index (χ0) is 16.9. The molecule has 2 heterocycles. The number of hydrogen-bond acceptors (Lipinski definition) is 5. The highest BCUT2D eigenvalue weighted by Crippen LogP contribution is 2.14. The number of benzene rings is 1. The molecule has 3 rings (SSSR count). The Balaban J connectivity index is 1.50. The number of piperazine rings is 1. The van der Waals surface area contributed by atoms with Gasteiger partial charge in [-0.2, -0.15) is 5.10 Å². The fourth-order valence-electron chi connectivity index (χ4n) is 2.38. The highest BCUT2D eigenvalue weighted by Gasteiger charge is 2.27. The molecule has 9 heteroatoms. The van der Waals surface area contributed by atoms with Gasteiger partial charge in [0.05, 0.1) is 12.3 Å². The maximum atomic E-state index is 12.9. The molecule has 0 unspecified atom stereocenters. The predicted octanol–water partition coefficient (Wildman–Crippen LogP) is 0.907. The van der Waals surface area contributed by atoms with Crippen molar-refractivity contribution in [3.63, 3.8) is 0 Å². The van der Waals surface area contributed by atoms with E-state index in [2.05, 4.69) is 15.2 Å². The van der Waals surface area contributed by atoms with E-state index in [1.807, 2.05) is 0 Å². The normalized spacial score (nSPS) is 15.0. The largest absolute Gasteiger partial charge is 0.335 e. The summed E-state index contributed by atoms with van der Waals surface area (Å²) in [5.74, 6) is -0.306. The molecule has 0 bridgehead atoms. The number of nitrogens with one attached hydrogen (secondary N) is 1. The molecule has 1 N–H and O–H groups in total. The van der Waals surface area contributed by atoms with Crippen LogP contribution < -0.4 is 0 Å². The third-order valence-corrected chi connectivity index (χ3v) is 4.54. The van der Waals surface area contributed by atoms with Gasteiger partial charge in [-0.15, -0.1) is 0 Å². The predicted molar refractivity (Wildman–Crippen MR) is 85.5 cm³/mol. The van der Waals surface area contributed by atoms with Crippen molar-refractivity contribution in [3.8, 4) is 0 Å². The fraction of sp³-hybridized carbons (Fsp3) is 0.333. The molecule has 1 saturated heterocycles. The van der Waals surface area contributed by atoms with Gasteiger partial charge < -0.3 is 9.80 Å². The zero-order valence-electron chi connectivity index (χ0n) is 12.8. The molecule has 1 aliphatic rings. The average molecular weight is 349 g/mol. The van der Waals surface area contributed by atoms with Gasteiger partial charge in [-0.25, -0.2) is 9.37 Å². The Morgan fingerprint density at radius 2 is 2.08 bits per heavy atom. The van der Waals surface area contributed by atoms with E-state index >= 15 is 0 Å². The minimum absolute atomic E-state index is 0.0665. The van der Waals surface area contributed by atoms with E-state index in [0.717, 1.165) is 5.56 Å². The van der Waals surface area contributed by atoms with Crippen LogP contribution in [-0.2, 0) is 16.1 Å². The topological polar surface area (TPSA) is 82.2 Å². The molecular weight excluding hydrogens is 333 g/mol. The number of halogens is 1. The van der Waals surface area contributed by atoms with Crippen LogP contribution >= 0.6 is 11.8 Å². The van der Waals surface area contributed by atoms with Gasteiger partial charge in [0.15, 0.2) is 5.16 Å². The summed E-state index contributed by atoms with van der Waals surface area (Å²) in [5, 5.41) is 6.96. The van der Waals surface area contributed by atoms with Crippen molar-refractivity contribution in [1.82, 2.24) is 25.0 Å². The summed E-state index contributed by atoms with van der Waals surface area (Å²) < 4.78 is 12.9. The molecule has 1 aromatic heterocycles. The first-order valence-electron chi connectivity index (χ1n) is 7.40.